The van der Waals surface area contributed by atoms with Crippen LogP contribution in [-0.2, 0) is 4.74 Å². The number of pyridine rings is 1. The van der Waals surface area contributed by atoms with Crippen LogP contribution in [0.2, 0.25) is 0 Å². The van der Waals surface area contributed by atoms with E-state index in [0.717, 1.165) is 53.5 Å². The summed E-state index contributed by atoms with van der Waals surface area (Å²) in [7, 11) is 0. The Hall–Kier alpha value is -2.99. The highest BCUT2D eigenvalue weighted by molar-refractivity contribution is 5.88. The monoisotopic (exact) mass is 345 g/mol. The SMILES string of the molecule is c1cnc2ccc(-c3ccn4nc(NCC5CCCO5)ncc34)cc2c1. The maximum absolute atomic E-state index is 5.63. The fraction of sp³-hybridized carbons (Fsp3) is 0.250. The lowest BCUT2D eigenvalue weighted by atomic mass is 10.0. The fourth-order valence-electron chi connectivity index (χ4n) is 3.48. The van der Waals surface area contributed by atoms with E-state index in [1.165, 1.54) is 0 Å². The Morgan fingerprint density at radius 3 is 3.12 bits per heavy atom. The van der Waals surface area contributed by atoms with Crippen molar-refractivity contribution in [2.75, 3.05) is 18.5 Å². The fourth-order valence-corrected chi connectivity index (χ4v) is 3.48. The van der Waals surface area contributed by atoms with E-state index in [1.54, 1.807) is 0 Å². The first-order chi connectivity index (χ1) is 12.9. The van der Waals surface area contributed by atoms with Crippen LogP contribution in [0.3, 0.4) is 0 Å². The zero-order valence-corrected chi connectivity index (χ0v) is 14.3. The molecular weight excluding hydrogens is 326 g/mol. The molecule has 6 nitrogen and oxygen atoms in total. The number of nitrogens with zero attached hydrogens (tertiary/aromatic N) is 4. The Labute approximate surface area is 150 Å². The number of fused-ring (bicyclic) bond motifs is 2. The van der Waals surface area contributed by atoms with Gasteiger partial charge in [0.1, 0.15) is 0 Å². The number of hydrogen-bond acceptors (Lipinski definition) is 5. The third-order valence-electron chi connectivity index (χ3n) is 4.84. The van der Waals surface area contributed by atoms with Gasteiger partial charge in [0.15, 0.2) is 0 Å². The first-order valence-electron chi connectivity index (χ1n) is 8.92. The minimum Gasteiger partial charge on any atom is -0.376 e. The number of rotatable bonds is 4. The Kier molecular flexibility index (Phi) is 3.75. The van der Waals surface area contributed by atoms with E-state index in [-0.39, 0.29) is 6.10 Å². The molecule has 4 heterocycles. The van der Waals surface area contributed by atoms with Gasteiger partial charge in [0.05, 0.1) is 23.3 Å². The Morgan fingerprint density at radius 2 is 2.19 bits per heavy atom. The van der Waals surface area contributed by atoms with Crippen molar-refractivity contribution in [3.63, 3.8) is 0 Å². The lowest BCUT2D eigenvalue weighted by molar-refractivity contribution is 0.120. The lowest BCUT2D eigenvalue weighted by Gasteiger charge is -2.10. The zero-order valence-electron chi connectivity index (χ0n) is 14.3. The van der Waals surface area contributed by atoms with Gasteiger partial charge in [0, 0.05) is 36.5 Å². The van der Waals surface area contributed by atoms with Crippen molar-refractivity contribution in [1.82, 2.24) is 19.6 Å². The largest absolute Gasteiger partial charge is 0.376 e. The van der Waals surface area contributed by atoms with Gasteiger partial charge < -0.3 is 10.1 Å². The van der Waals surface area contributed by atoms with Crippen LogP contribution in [0.1, 0.15) is 12.8 Å². The number of anilines is 1. The summed E-state index contributed by atoms with van der Waals surface area (Å²) in [6.45, 7) is 1.60. The lowest BCUT2D eigenvalue weighted by Crippen LogP contribution is -2.20. The summed E-state index contributed by atoms with van der Waals surface area (Å²) in [4.78, 5) is 8.86. The summed E-state index contributed by atoms with van der Waals surface area (Å²) >= 11 is 0. The third-order valence-corrected chi connectivity index (χ3v) is 4.84. The smallest absolute Gasteiger partial charge is 0.241 e. The van der Waals surface area contributed by atoms with E-state index >= 15 is 0 Å². The Bertz CT molecular complexity index is 1070. The first-order valence-corrected chi connectivity index (χ1v) is 8.92. The molecule has 130 valence electrons. The Morgan fingerprint density at radius 1 is 1.19 bits per heavy atom. The van der Waals surface area contributed by atoms with Crippen molar-refractivity contribution >= 4 is 22.4 Å². The number of benzene rings is 1. The van der Waals surface area contributed by atoms with E-state index in [9.17, 15) is 0 Å². The minimum atomic E-state index is 0.265. The molecule has 1 saturated heterocycles. The standard InChI is InChI=1S/C20H19N5O/c1-3-15-11-14(5-6-18(15)21-8-1)17-7-9-25-19(17)13-23-20(24-25)22-12-16-4-2-10-26-16/h1,3,5-9,11,13,16H,2,4,10,12H2,(H,22,24). The number of aromatic nitrogens is 4. The average Bonchev–Trinajstić information content (AvgIpc) is 3.35. The highest BCUT2D eigenvalue weighted by Gasteiger charge is 2.15. The van der Waals surface area contributed by atoms with Crippen molar-refractivity contribution in [3.05, 3.63) is 55.0 Å². The van der Waals surface area contributed by atoms with Crippen LogP contribution >= 0.6 is 0 Å². The highest BCUT2D eigenvalue weighted by atomic mass is 16.5. The van der Waals surface area contributed by atoms with Crippen LogP contribution in [-0.4, -0.2) is 38.8 Å². The molecule has 1 fully saturated rings. The van der Waals surface area contributed by atoms with Crippen LogP contribution < -0.4 is 5.32 Å². The number of nitrogens with one attached hydrogen (secondary N) is 1. The van der Waals surface area contributed by atoms with Gasteiger partial charge in [-0.15, -0.1) is 5.10 Å². The van der Waals surface area contributed by atoms with E-state index in [0.29, 0.717) is 5.95 Å². The second-order valence-electron chi connectivity index (χ2n) is 6.57. The van der Waals surface area contributed by atoms with Crippen LogP contribution in [0.25, 0.3) is 27.5 Å². The molecule has 6 heteroatoms. The van der Waals surface area contributed by atoms with Crippen LogP contribution in [0.15, 0.2) is 55.0 Å². The second kappa shape index (κ2) is 6.38. The summed E-state index contributed by atoms with van der Waals surface area (Å²) in [6, 6.07) is 12.4. The third kappa shape index (κ3) is 2.78. The number of hydrogen-bond donors (Lipinski definition) is 1. The maximum Gasteiger partial charge on any atom is 0.241 e. The van der Waals surface area contributed by atoms with Gasteiger partial charge in [-0.3, -0.25) is 4.98 Å². The Balaban J connectivity index is 1.44. The first kappa shape index (κ1) is 15.3. The topological polar surface area (TPSA) is 64.3 Å². The van der Waals surface area contributed by atoms with Gasteiger partial charge in [-0.1, -0.05) is 12.1 Å². The quantitative estimate of drug-likeness (QED) is 0.613. The summed E-state index contributed by atoms with van der Waals surface area (Å²) in [5.74, 6) is 0.623. The molecule has 0 aliphatic carbocycles. The molecule has 0 amide bonds. The van der Waals surface area contributed by atoms with Gasteiger partial charge in [-0.2, -0.15) is 0 Å². The van der Waals surface area contributed by atoms with Gasteiger partial charge in [-0.05, 0) is 42.7 Å². The van der Waals surface area contributed by atoms with Crippen LogP contribution in [0.4, 0.5) is 5.95 Å². The van der Waals surface area contributed by atoms with Gasteiger partial charge >= 0.3 is 0 Å². The predicted octanol–water partition coefficient (Wildman–Crippen LogP) is 3.54. The molecular formula is C20H19N5O. The van der Waals surface area contributed by atoms with Crippen LogP contribution in [0.5, 0.6) is 0 Å². The molecule has 5 rings (SSSR count). The normalized spacial score (nSPS) is 17.2. The molecule has 1 aliphatic heterocycles. The molecule has 1 unspecified atom stereocenters. The summed E-state index contributed by atoms with van der Waals surface area (Å²) in [5.41, 5.74) is 4.23. The average molecular weight is 345 g/mol. The van der Waals surface area contributed by atoms with E-state index in [2.05, 4.69) is 44.6 Å². The van der Waals surface area contributed by atoms with Crippen molar-refractivity contribution in [3.8, 4) is 11.1 Å². The van der Waals surface area contributed by atoms with E-state index in [4.69, 9.17) is 4.74 Å². The molecule has 1 aliphatic rings. The van der Waals surface area contributed by atoms with Crippen molar-refractivity contribution in [1.29, 1.82) is 0 Å². The molecule has 0 spiro atoms. The van der Waals surface area contributed by atoms with Crippen molar-refractivity contribution in [2.24, 2.45) is 0 Å². The zero-order chi connectivity index (χ0) is 17.3. The summed E-state index contributed by atoms with van der Waals surface area (Å²) < 4.78 is 7.50. The van der Waals surface area contributed by atoms with Gasteiger partial charge in [0.25, 0.3) is 0 Å². The van der Waals surface area contributed by atoms with E-state index < -0.39 is 0 Å². The second-order valence-corrected chi connectivity index (χ2v) is 6.57. The van der Waals surface area contributed by atoms with Gasteiger partial charge in [-0.25, -0.2) is 9.50 Å². The number of ether oxygens (including phenoxy) is 1. The van der Waals surface area contributed by atoms with Gasteiger partial charge in [0.2, 0.25) is 5.95 Å². The summed E-state index contributed by atoms with van der Waals surface area (Å²) in [6.07, 6.45) is 8.15. The molecule has 26 heavy (non-hydrogen) atoms. The predicted molar refractivity (Wildman–Crippen MR) is 101 cm³/mol. The molecule has 0 radical (unpaired) electrons. The molecule has 0 saturated carbocycles. The van der Waals surface area contributed by atoms with E-state index in [1.807, 2.05) is 35.2 Å². The van der Waals surface area contributed by atoms with Crippen molar-refractivity contribution < 1.29 is 4.74 Å². The van der Waals surface area contributed by atoms with Crippen molar-refractivity contribution in [2.45, 2.75) is 18.9 Å². The molecule has 0 bridgehead atoms. The molecule has 3 aromatic heterocycles. The highest BCUT2D eigenvalue weighted by Crippen LogP contribution is 2.27. The molecule has 4 aromatic rings. The van der Waals surface area contributed by atoms with Crippen LogP contribution in [0, 0.1) is 0 Å². The molecule has 1 atom stereocenters. The summed E-state index contributed by atoms with van der Waals surface area (Å²) in [5, 5.41) is 8.97. The minimum absolute atomic E-state index is 0.265. The molecule has 1 N–H and O–H groups in total. The maximum atomic E-state index is 5.63. The molecule has 1 aromatic carbocycles.